The molecule has 0 heteroatoms. The van der Waals surface area contributed by atoms with Gasteiger partial charge >= 0.3 is 0 Å². The molecule has 0 spiro atoms. The second-order valence-corrected chi connectivity index (χ2v) is 39.6. The minimum absolute atomic E-state index is 1.31. The first-order valence-electron chi connectivity index (χ1n) is 50.1. The van der Waals surface area contributed by atoms with E-state index in [9.17, 15) is 0 Å². The second kappa shape index (κ2) is 41.1. The first-order valence-corrected chi connectivity index (χ1v) is 50.1. The van der Waals surface area contributed by atoms with Crippen molar-refractivity contribution in [2.75, 3.05) is 0 Å². The summed E-state index contributed by atoms with van der Waals surface area (Å²) in [6, 6.07) is 154. The Morgan fingerprint density at radius 2 is 0.303 bits per heavy atom. The molecule has 0 N–H and O–H groups in total. The van der Waals surface area contributed by atoms with Gasteiger partial charge in [0.2, 0.25) is 0 Å². The van der Waals surface area contributed by atoms with Crippen LogP contribution < -0.4 is 0 Å². The molecule has 27 rings (SSSR count). The molecule has 0 unspecified atom stereocenters. The zero-order chi connectivity index (χ0) is 98.7. The summed E-state index contributed by atoms with van der Waals surface area (Å²) in [7, 11) is 0. The van der Waals surface area contributed by atoms with Crippen LogP contribution in [0, 0.1) is 125 Å². The maximum atomic E-state index is 2.33. The normalized spacial score (nSPS) is 11.2. The number of rotatable bonds is 0. The molecule has 142 heavy (non-hydrogen) atoms. The number of hydrogen-bond donors (Lipinski definition) is 0. The minimum atomic E-state index is 1.31. The van der Waals surface area contributed by atoms with Gasteiger partial charge in [-0.1, -0.05) is 398 Å². The molecule has 0 heterocycles. The molecule has 0 aliphatic carbocycles. The van der Waals surface area contributed by atoms with E-state index in [1.54, 1.807) is 0 Å². The highest BCUT2D eigenvalue weighted by molar-refractivity contribution is 6.24. The van der Waals surface area contributed by atoms with Gasteiger partial charge in [-0.15, -0.1) is 0 Å². The van der Waals surface area contributed by atoms with Gasteiger partial charge in [0, 0.05) is 0 Å². The maximum absolute atomic E-state index is 2.33. The van der Waals surface area contributed by atoms with Crippen molar-refractivity contribution in [2.24, 2.45) is 0 Å². The van der Waals surface area contributed by atoms with E-state index in [0.29, 0.717) is 0 Å². The van der Waals surface area contributed by atoms with E-state index >= 15 is 0 Å². The number of aryl methyl sites for hydroxylation is 18. The van der Waals surface area contributed by atoms with Gasteiger partial charge in [-0.3, -0.25) is 0 Å². The zero-order valence-corrected chi connectivity index (χ0v) is 85.4. The number of benzene rings is 27. The number of hydrogen-bond acceptors (Lipinski definition) is 0. The third-order valence-corrected chi connectivity index (χ3v) is 29.4. The van der Waals surface area contributed by atoms with Crippen molar-refractivity contribution in [3.8, 4) is 0 Å². The second-order valence-electron chi connectivity index (χ2n) is 39.6. The lowest BCUT2D eigenvalue weighted by molar-refractivity contribution is 1.40. The molecule has 692 valence electrons. The van der Waals surface area contributed by atoms with Crippen LogP contribution in [0.5, 0.6) is 0 Å². The van der Waals surface area contributed by atoms with E-state index in [0.717, 1.165) is 0 Å². The van der Waals surface area contributed by atoms with E-state index in [2.05, 4.69) is 549 Å². The van der Waals surface area contributed by atoms with Gasteiger partial charge in [-0.25, -0.2) is 0 Å². The Morgan fingerprint density at radius 1 is 0.0915 bits per heavy atom. The Balaban J connectivity index is 0.000000102. The van der Waals surface area contributed by atoms with Crippen LogP contribution in [0.4, 0.5) is 0 Å². The van der Waals surface area contributed by atoms with Gasteiger partial charge in [0.1, 0.15) is 0 Å². The summed E-state index contributed by atoms with van der Waals surface area (Å²) in [4.78, 5) is 0. The number of fused-ring (bicyclic) bond motifs is 17. The van der Waals surface area contributed by atoms with Crippen molar-refractivity contribution >= 4 is 194 Å². The van der Waals surface area contributed by atoms with Crippen LogP contribution in [0.3, 0.4) is 0 Å². The molecule has 0 aliphatic heterocycles. The molecule has 0 bridgehead atoms. The third-order valence-electron chi connectivity index (χ3n) is 29.4. The molecule has 0 radical (unpaired) electrons. The van der Waals surface area contributed by atoms with E-state index in [1.165, 1.54) is 294 Å². The van der Waals surface area contributed by atoms with Gasteiger partial charge in [0.15, 0.2) is 0 Å². The van der Waals surface area contributed by atoms with E-state index in [4.69, 9.17) is 0 Å². The molecular weight excluding hydrogens is 1710 g/mol. The summed E-state index contributed by atoms with van der Waals surface area (Å²) in [5, 5.41) is 48.8. The molecule has 27 aromatic carbocycles. The fraction of sp³-hybridized carbons (Fsp3) is 0.127. The first-order chi connectivity index (χ1) is 68.8. The average molecular weight is 1830 g/mol. The standard InChI is InChI=1S/2C20H16.C18H14.4C16H14.C12H12.C8H10/c1-13-17-9-5-6-10-18(17)14(2)20-12-16-8-4-3-7-15(16)11-19(13)20;1-13-7-8-14(2)20-12-18-10-16-6-4-3-5-15(16)9-17(18)11-19(13)20;1-11-7-13-3-5-15-9-12(2)10-16-6-4-14(8-11)17(13)18(15)16;1-11-3-7-15-13(9-11)5-6-14-10-12(2)4-8-16(14)15;1-11-13-7-3-5-9-15(13)12(2)16-10-6-4-8-14(11)16;1-11-7-8-12(2)16-10-14-6-4-3-5-13(14)9-15(11)16;1-11-7-8-12(2)16-14(11)10-9-13-5-3-4-6-15(13)16;1-9-7-8-10(2)12-6-4-3-5-11(9)12;1-7-3-5-8(2)6-4-7/h2*3-12H,1-2H3;3-10H,1-2H3;4*3-10H,1-2H3;3-8H,1-2H3;3-6H,1-2H3. The predicted octanol–water partition coefficient (Wildman–Crippen LogP) is 40.9. The van der Waals surface area contributed by atoms with Crippen molar-refractivity contribution in [2.45, 2.75) is 125 Å². The van der Waals surface area contributed by atoms with Crippen LogP contribution >= 0.6 is 0 Å². The fourth-order valence-electron chi connectivity index (χ4n) is 21.4. The van der Waals surface area contributed by atoms with Crippen molar-refractivity contribution in [3.05, 3.63) is 525 Å². The minimum Gasteiger partial charge on any atom is -0.0616 e. The Bertz CT molecular complexity index is 8860. The highest BCUT2D eigenvalue weighted by atomic mass is 14.2. The van der Waals surface area contributed by atoms with Gasteiger partial charge in [0.25, 0.3) is 0 Å². The van der Waals surface area contributed by atoms with Crippen molar-refractivity contribution in [1.29, 1.82) is 0 Å². The quantitative estimate of drug-likeness (QED) is 0.105. The summed E-state index contributed by atoms with van der Waals surface area (Å²) in [5.41, 5.74) is 24.3. The summed E-state index contributed by atoms with van der Waals surface area (Å²) in [6.07, 6.45) is 0. The van der Waals surface area contributed by atoms with Gasteiger partial charge in [0.05, 0.1) is 0 Å². The third kappa shape index (κ3) is 19.7. The van der Waals surface area contributed by atoms with Crippen LogP contribution in [-0.2, 0) is 0 Å². The highest BCUT2D eigenvalue weighted by Crippen LogP contribution is 2.41. The van der Waals surface area contributed by atoms with Crippen molar-refractivity contribution in [1.82, 2.24) is 0 Å². The van der Waals surface area contributed by atoms with Crippen molar-refractivity contribution in [3.63, 3.8) is 0 Å². The highest BCUT2D eigenvalue weighted by Gasteiger charge is 2.15. The molecule has 0 atom stereocenters. The van der Waals surface area contributed by atoms with Crippen LogP contribution in [0.2, 0.25) is 0 Å². The molecule has 0 aromatic heterocycles. The first kappa shape index (κ1) is 94.8. The van der Waals surface area contributed by atoms with Crippen molar-refractivity contribution < 1.29 is 0 Å². The Kier molecular flexibility index (Phi) is 27.5. The Morgan fingerprint density at radius 3 is 0.627 bits per heavy atom. The Labute approximate surface area is 837 Å². The van der Waals surface area contributed by atoms with E-state index in [1.807, 2.05) is 0 Å². The van der Waals surface area contributed by atoms with Crippen LogP contribution in [0.1, 0.15) is 100 Å². The average Bonchev–Trinajstić information content (AvgIpc) is 0.735. The molecule has 0 saturated heterocycles. The largest absolute Gasteiger partial charge is 0.0616 e. The monoisotopic (exact) mass is 1830 g/mol. The molecule has 0 fully saturated rings. The van der Waals surface area contributed by atoms with Gasteiger partial charge in [-0.2, -0.15) is 0 Å². The zero-order valence-electron chi connectivity index (χ0n) is 85.4. The topological polar surface area (TPSA) is 0 Å². The smallest absolute Gasteiger partial charge is 0.00266 e. The van der Waals surface area contributed by atoms with Gasteiger partial charge in [-0.05, 0) is 445 Å². The van der Waals surface area contributed by atoms with Crippen LogP contribution in [-0.4, -0.2) is 0 Å². The SMILES string of the molecule is Cc1c2ccccc2c(C)c2cc3ccccc3cc12.Cc1c2ccccc2c(C)c2ccccc12.Cc1cc2ccc3cc(C)cc4ccc(c1)c2c34.Cc1ccc(C)c2c1ccc1ccccc12.Cc1ccc(C)c2cc3cc4ccccc4cc3cc12.Cc1ccc(C)c2cc3ccccc3cc12.Cc1ccc(C)c2ccccc12.Cc1ccc(C)cc1.Cc1ccc2c(ccc3cc(C)ccc32)c1. The van der Waals surface area contributed by atoms with E-state index < -0.39 is 0 Å². The lowest BCUT2D eigenvalue weighted by atomic mass is 9.91. The summed E-state index contributed by atoms with van der Waals surface area (Å²) in [6.45, 7) is 39.1. The maximum Gasteiger partial charge on any atom is -0.00266 e. The summed E-state index contributed by atoms with van der Waals surface area (Å²) >= 11 is 0. The molecule has 0 saturated carbocycles. The lowest BCUT2D eigenvalue weighted by Gasteiger charge is -2.13. The Hall–Kier alpha value is -16.1. The molecule has 0 amide bonds. The van der Waals surface area contributed by atoms with Gasteiger partial charge < -0.3 is 0 Å². The molecule has 27 aromatic rings. The predicted molar refractivity (Wildman–Crippen MR) is 630 cm³/mol. The molecule has 0 nitrogen and oxygen atoms in total. The van der Waals surface area contributed by atoms with Crippen LogP contribution in [0.15, 0.2) is 425 Å². The molecule has 0 aliphatic rings. The fourth-order valence-corrected chi connectivity index (χ4v) is 21.4. The van der Waals surface area contributed by atoms with E-state index in [-0.39, 0.29) is 0 Å². The summed E-state index contributed by atoms with van der Waals surface area (Å²) in [5.74, 6) is 0. The molecular formula is C142H124. The lowest BCUT2D eigenvalue weighted by Crippen LogP contribution is -1.88. The van der Waals surface area contributed by atoms with Crippen LogP contribution in [0.25, 0.3) is 194 Å². The summed E-state index contributed by atoms with van der Waals surface area (Å²) < 4.78 is 0.